The fourth-order valence-corrected chi connectivity index (χ4v) is 1.74. The molecule has 0 bridgehead atoms. The highest BCUT2D eigenvalue weighted by molar-refractivity contribution is 5.73. The highest BCUT2D eigenvalue weighted by Crippen LogP contribution is 2.11. The molecule has 0 radical (unpaired) electrons. The SMILES string of the molecule is CC(=O)N[C@H](COCC(C)O)Cc1ccc(O)cc1. The maximum Gasteiger partial charge on any atom is 0.217 e. The number of phenols is 1. The average molecular weight is 267 g/mol. The van der Waals surface area contributed by atoms with Gasteiger partial charge in [0.1, 0.15) is 5.75 Å². The van der Waals surface area contributed by atoms with E-state index in [0.717, 1.165) is 5.56 Å². The fraction of sp³-hybridized carbons (Fsp3) is 0.500. The normalized spacial score (nSPS) is 13.8. The number of carbonyl (C=O) groups excluding carboxylic acids is 1. The lowest BCUT2D eigenvalue weighted by atomic mass is 10.1. The summed E-state index contributed by atoms with van der Waals surface area (Å²) in [6.45, 7) is 3.68. The molecule has 106 valence electrons. The number of hydrogen-bond donors (Lipinski definition) is 3. The Kier molecular flexibility index (Phi) is 6.32. The number of benzene rings is 1. The van der Waals surface area contributed by atoms with Gasteiger partial charge in [0.2, 0.25) is 5.91 Å². The van der Waals surface area contributed by atoms with Crippen LogP contribution in [-0.2, 0) is 16.0 Å². The topological polar surface area (TPSA) is 78.8 Å². The van der Waals surface area contributed by atoms with Crippen molar-refractivity contribution in [1.29, 1.82) is 0 Å². The van der Waals surface area contributed by atoms with Crippen LogP contribution in [0.1, 0.15) is 19.4 Å². The van der Waals surface area contributed by atoms with E-state index in [-0.39, 0.29) is 24.3 Å². The third-order valence-electron chi connectivity index (χ3n) is 2.50. The number of amides is 1. The molecule has 5 nitrogen and oxygen atoms in total. The molecular formula is C14H21NO4. The summed E-state index contributed by atoms with van der Waals surface area (Å²) in [5.74, 6) is 0.0922. The lowest BCUT2D eigenvalue weighted by molar-refractivity contribution is -0.120. The lowest BCUT2D eigenvalue weighted by Gasteiger charge is -2.18. The van der Waals surface area contributed by atoms with Gasteiger partial charge in [-0.25, -0.2) is 0 Å². The molecule has 0 saturated heterocycles. The van der Waals surface area contributed by atoms with E-state index in [4.69, 9.17) is 9.84 Å². The summed E-state index contributed by atoms with van der Waals surface area (Å²) in [5, 5.41) is 21.2. The molecule has 0 aliphatic carbocycles. The second kappa shape index (κ2) is 7.76. The Hall–Kier alpha value is -1.59. The van der Waals surface area contributed by atoms with Crippen molar-refractivity contribution in [3.63, 3.8) is 0 Å². The minimum atomic E-state index is -0.522. The van der Waals surface area contributed by atoms with Crippen LogP contribution in [0.4, 0.5) is 0 Å². The molecule has 19 heavy (non-hydrogen) atoms. The van der Waals surface area contributed by atoms with Crippen LogP contribution in [-0.4, -0.2) is 41.5 Å². The first-order valence-electron chi connectivity index (χ1n) is 6.28. The Balaban J connectivity index is 2.53. The first-order chi connectivity index (χ1) is 8.97. The molecule has 1 aromatic carbocycles. The number of aliphatic hydroxyl groups is 1. The van der Waals surface area contributed by atoms with Gasteiger partial charge in [-0.3, -0.25) is 4.79 Å². The van der Waals surface area contributed by atoms with Gasteiger partial charge in [-0.1, -0.05) is 12.1 Å². The monoisotopic (exact) mass is 267 g/mol. The molecule has 0 spiro atoms. The molecule has 0 aliphatic heterocycles. The Morgan fingerprint density at radius 3 is 2.47 bits per heavy atom. The number of hydrogen-bond acceptors (Lipinski definition) is 4. The largest absolute Gasteiger partial charge is 0.508 e. The van der Waals surface area contributed by atoms with Crippen LogP contribution in [0, 0.1) is 0 Å². The van der Waals surface area contributed by atoms with Crippen molar-refractivity contribution in [2.45, 2.75) is 32.4 Å². The van der Waals surface area contributed by atoms with E-state index < -0.39 is 6.10 Å². The van der Waals surface area contributed by atoms with Gasteiger partial charge in [-0.05, 0) is 31.0 Å². The molecule has 1 rings (SSSR count). The maximum atomic E-state index is 11.1. The maximum absolute atomic E-state index is 11.1. The molecule has 0 fully saturated rings. The number of phenolic OH excluding ortho intramolecular Hbond substituents is 1. The highest BCUT2D eigenvalue weighted by Gasteiger charge is 2.12. The van der Waals surface area contributed by atoms with Crippen molar-refractivity contribution in [3.05, 3.63) is 29.8 Å². The standard InChI is InChI=1S/C14H21NO4/c1-10(16)8-19-9-13(15-11(2)17)7-12-3-5-14(18)6-4-12/h3-6,10,13,16,18H,7-9H2,1-2H3,(H,15,17)/t10?,13-/m0/s1. The second-order valence-electron chi connectivity index (χ2n) is 4.65. The molecule has 0 heterocycles. The Morgan fingerprint density at radius 2 is 1.95 bits per heavy atom. The molecule has 3 N–H and O–H groups in total. The molecule has 0 saturated carbocycles. The molecular weight excluding hydrogens is 246 g/mol. The van der Waals surface area contributed by atoms with Gasteiger partial charge in [0.05, 0.1) is 25.4 Å². The summed E-state index contributed by atoms with van der Waals surface area (Å²) >= 11 is 0. The van der Waals surface area contributed by atoms with Crippen LogP contribution in [0.2, 0.25) is 0 Å². The van der Waals surface area contributed by atoms with Crippen LogP contribution in [0.25, 0.3) is 0 Å². The molecule has 1 aromatic rings. The van der Waals surface area contributed by atoms with Gasteiger partial charge in [-0.15, -0.1) is 0 Å². The predicted molar refractivity (Wildman–Crippen MR) is 71.9 cm³/mol. The van der Waals surface area contributed by atoms with Crippen molar-refractivity contribution in [2.24, 2.45) is 0 Å². The molecule has 0 aromatic heterocycles. The van der Waals surface area contributed by atoms with Crippen LogP contribution in [0.5, 0.6) is 5.75 Å². The van der Waals surface area contributed by atoms with Crippen molar-refractivity contribution >= 4 is 5.91 Å². The summed E-state index contributed by atoms with van der Waals surface area (Å²) < 4.78 is 5.34. The molecule has 2 atom stereocenters. The zero-order valence-electron chi connectivity index (χ0n) is 11.3. The van der Waals surface area contributed by atoms with Gasteiger partial charge in [0.15, 0.2) is 0 Å². The van der Waals surface area contributed by atoms with Crippen molar-refractivity contribution in [1.82, 2.24) is 5.32 Å². The second-order valence-corrected chi connectivity index (χ2v) is 4.65. The van der Waals surface area contributed by atoms with E-state index in [0.29, 0.717) is 13.0 Å². The average Bonchev–Trinajstić information content (AvgIpc) is 2.30. The zero-order chi connectivity index (χ0) is 14.3. The number of aliphatic hydroxyl groups excluding tert-OH is 1. The fourth-order valence-electron chi connectivity index (χ4n) is 1.74. The van der Waals surface area contributed by atoms with Gasteiger partial charge < -0.3 is 20.3 Å². The van der Waals surface area contributed by atoms with Crippen LogP contribution in [0.3, 0.4) is 0 Å². The Bertz CT molecular complexity index is 389. The number of nitrogens with one attached hydrogen (secondary N) is 1. The van der Waals surface area contributed by atoms with E-state index in [2.05, 4.69) is 5.32 Å². The minimum absolute atomic E-state index is 0.121. The van der Waals surface area contributed by atoms with Crippen LogP contribution < -0.4 is 5.32 Å². The number of aromatic hydroxyl groups is 1. The highest BCUT2D eigenvalue weighted by atomic mass is 16.5. The summed E-state index contributed by atoms with van der Waals surface area (Å²) in [4.78, 5) is 11.1. The van der Waals surface area contributed by atoms with Gasteiger partial charge in [0.25, 0.3) is 0 Å². The van der Waals surface area contributed by atoms with Crippen molar-refractivity contribution in [3.8, 4) is 5.75 Å². The van der Waals surface area contributed by atoms with E-state index in [1.54, 1.807) is 31.2 Å². The summed E-state index contributed by atoms with van der Waals surface area (Å²) in [6, 6.07) is 6.67. The summed E-state index contributed by atoms with van der Waals surface area (Å²) in [5.41, 5.74) is 0.997. The van der Waals surface area contributed by atoms with E-state index in [9.17, 15) is 9.90 Å². The smallest absolute Gasteiger partial charge is 0.217 e. The quantitative estimate of drug-likeness (QED) is 0.684. The Morgan fingerprint density at radius 1 is 1.32 bits per heavy atom. The molecule has 1 unspecified atom stereocenters. The minimum Gasteiger partial charge on any atom is -0.508 e. The van der Waals surface area contributed by atoms with Gasteiger partial charge >= 0.3 is 0 Å². The first kappa shape index (κ1) is 15.5. The zero-order valence-corrected chi connectivity index (χ0v) is 11.3. The van der Waals surface area contributed by atoms with Crippen LogP contribution in [0.15, 0.2) is 24.3 Å². The first-order valence-corrected chi connectivity index (χ1v) is 6.28. The van der Waals surface area contributed by atoms with Crippen LogP contribution >= 0.6 is 0 Å². The van der Waals surface area contributed by atoms with Crippen molar-refractivity contribution < 1.29 is 19.7 Å². The van der Waals surface area contributed by atoms with Gasteiger partial charge in [0, 0.05) is 6.92 Å². The van der Waals surface area contributed by atoms with Crippen molar-refractivity contribution in [2.75, 3.05) is 13.2 Å². The van der Waals surface area contributed by atoms with E-state index in [1.807, 2.05) is 0 Å². The summed E-state index contributed by atoms with van der Waals surface area (Å²) in [6.07, 6.45) is 0.0892. The van der Waals surface area contributed by atoms with E-state index in [1.165, 1.54) is 6.92 Å². The Labute approximate surface area is 113 Å². The molecule has 5 heteroatoms. The third-order valence-corrected chi connectivity index (χ3v) is 2.50. The predicted octanol–water partition coefficient (Wildman–Crippen LogP) is 0.837. The van der Waals surface area contributed by atoms with Gasteiger partial charge in [-0.2, -0.15) is 0 Å². The molecule has 1 amide bonds. The van der Waals surface area contributed by atoms with E-state index >= 15 is 0 Å². The number of ether oxygens (including phenoxy) is 1. The number of carbonyl (C=O) groups is 1. The third kappa shape index (κ3) is 6.79. The lowest BCUT2D eigenvalue weighted by Crippen LogP contribution is -2.39. The molecule has 0 aliphatic rings. The summed E-state index contributed by atoms with van der Waals surface area (Å²) in [7, 11) is 0. The number of rotatable bonds is 7.